The average Bonchev–Trinajstić information content (AvgIpc) is 2.95. The molecule has 6 heteroatoms. The highest BCUT2D eigenvalue weighted by atomic mass is 15.2. The van der Waals surface area contributed by atoms with Crippen LogP contribution in [-0.2, 0) is 7.05 Å². The second kappa shape index (κ2) is 4.62. The van der Waals surface area contributed by atoms with Crippen LogP contribution in [0.5, 0.6) is 0 Å². The molecule has 6 nitrogen and oxygen atoms in total. The van der Waals surface area contributed by atoms with Crippen LogP contribution in [0, 0.1) is 6.92 Å². The number of imidazole rings is 1. The minimum atomic E-state index is 0.0881. The Balaban J connectivity index is 1.82. The first-order chi connectivity index (χ1) is 9.13. The zero-order valence-electron chi connectivity index (χ0n) is 11.2. The summed E-state index contributed by atoms with van der Waals surface area (Å²) in [7, 11) is 1.97. The third kappa shape index (κ3) is 2.31. The lowest BCUT2D eigenvalue weighted by Gasteiger charge is -2.16. The Kier molecular flexibility index (Phi) is 2.94. The molecule has 1 saturated heterocycles. The van der Waals surface area contributed by atoms with Gasteiger partial charge in [-0.15, -0.1) is 0 Å². The van der Waals surface area contributed by atoms with Gasteiger partial charge in [-0.3, -0.25) is 0 Å². The van der Waals surface area contributed by atoms with Crippen LogP contribution >= 0.6 is 0 Å². The van der Waals surface area contributed by atoms with Gasteiger partial charge in [0.25, 0.3) is 0 Å². The van der Waals surface area contributed by atoms with Gasteiger partial charge in [-0.2, -0.15) is 0 Å². The summed E-state index contributed by atoms with van der Waals surface area (Å²) in [6.07, 6.45) is 5.46. The number of nitrogens with zero attached hydrogens (tertiary/aromatic N) is 5. The van der Waals surface area contributed by atoms with E-state index in [2.05, 4.69) is 19.9 Å². The lowest BCUT2D eigenvalue weighted by Crippen LogP contribution is -2.29. The first-order valence-electron chi connectivity index (χ1n) is 6.40. The molecule has 0 radical (unpaired) electrons. The zero-order valence-corrected chi connectivity index (χ0v) is 11.2. The molecular formula is C13H18N6. The van der Waals surface area contributed by atoms with Crippen LogP contribution in [-0.4, -0.2) is 38.7 Å². The fourth-order valence-electron chi connectivity index (χ4n) is 2.57. The molecule has 0 unspecified atom stereocenters. The molecule has 0 spiro atoms. The average molecular weight is 258 g/mol. The quantitative estimate of drug-likeness (QED) is 0.846. The van der Waals surface area contributed by atoms with Gasteiger partial charge in [0.05, 0.1) is 12.0 Å². The van der Waals surface area contributed by atoms with Crippen molar-refractivity contribution in [2.24, 2.45) is 12.8 Å². The second-order valence-corrected chi connectivity index (χ2v) is 5.16. The number of rotatable bonds is 2. The first-order valence-corrected chi connectivity index (χ1v) is 6.40. The van der Waals surface area contributed by atoms with Crippen molar-refractivity contribution < 1.29 is 0 Å². The lowest BCUT2D eigenvalue weighted by molar-refractivity contribution is 0.639. The molecule has 0 saturated carbocycles. The molecule has 0 bridgehead atoms. The minimum absolute atomic E-state index is 0.0881. The van der Waals surface area contributed by atoms with Crippen LogP contribution in [0.25, 0.3) is 0 Å². The van der Waals surface area contributed by atoms with Crippen LogP contribution in [0.4, 0.5) is 5.82 Å². The van der Waals surface area contributed by atoms with Crippen molar-refractivity contribution in [2.75, 3.05) is 18.0 Å². The fraction of sp³-hybridized carbons (Fsp3) is 0.462. The highest BCUT2D eigenvalue weighted by molar-refractivity contribution is 5.42. The standard InChI is InChI=1S/C13H18N6/c1-9-3-13(16-7-15-9)19-4-10(11(14)5-19)12-6-18(2)8-17-12/h3,6-8,10-11H,4-5,14H2,1-2H3/t10-,11-/m1/s1. The highest BCUT2D eigenvalue weighted by Crippen LogP contribution is 2.28. The van der Waals surface area contributed by atoms with Crippen molar-refractivity contribution >= 4 is 5.82 Å². The fourth-order valence-corrected chi connectivity index (χ4v) is 2.57. The Morgan fingerprint density at radius 1 is 1.26 bits per heavy atom. The zero-order chi connectivity index (χ0) is 13.4. The van der Waals surface area contributed by atoms with E-state index in [-0.39, 0.29) is 12.0 Å². The van der Waals surface area contributed by atoms with Crippen molar-refractivity contribution in [3.05, 3.63) is 36.3 Å². The van der Waals surface area contributed by atoms with Crippen LogP contribution < -0.4 is 10.6 Å². The van der Waals surface area contributed by atoms with Crippen molar-refractivity contribution in [3.8, 4) is 0 Å². The Morgan fingerprint density at radius 2 is 2.11 bits per heavy atom. The highest BCUT2D eigenvalue weighted by Gasteiger charge is 2.33. The summed E-state index contributed by atoms with van der Waals surface area (Å²) in [4.78, 5) is 15.1. The maximum atomic E-state index is 6.25. The number of nitrogens with two attached hydrogens (primary N) is 1. The van der Waals surface area contributed by atoms with Gasteiger partial charge in [-0.05, 0) is 6.92 Å². The summed E-state index contributed by atoms with van der Waals surface area (Å²) in [5.74, 6) is 1.21. The van der Waals surface area contributed by atoms with E-state index in [1.165, 1.54) is 0 Å². The molecule has 3 rings (SSSR count). The summed E-state index contributed by atoms with van der Waals surface area (Å²) in [6, 6.07) is 2.08. The summed E-state index contributed by atoms with van der Waals surface area (Å²) in [6.45, 7) is 3.63. The predicted molar refractivity (Wildman–Crippen MR) is 72.9 cm³/mol. The number of aryl methyl sites for hydroxylation is 2. The van der Waals surface area contributed by atoms with Gasteiger partial charge in [0.1, 0.15) is 12.1 Å². The largest absolute Gasteiger partial charge is 0.354 e. The van der Waals surface area contributed by atoms with E-state index in [9.17, 15) is 0 Å². The first kappa shape index (κ1) is 12.1. The van der Waals surface area contributed by atoms with Gasteiger partial charge < -0.3 is 15.2 Å². The summed E-state index contributed by atoms with van der Waals surface area (Å²) in [5, 5.41) is 0. The molecule has 1 aliphatic rings. The summed E-state index contributed by atoms with van der Waals surface area (Å²) < 4.78 is 1.96. The molecule has 1 fully saturated rings. The van der Waals surface area contributed by atoms with Crippen LogP contribution in [0.2, 0.25) is 0 Å². The second-order valence-electron chi connectivity index (χ2n) is 5.16. The maximum Gasteiger partial charge on any atom is 0.132 e. The van der Waals surface area contributed by atoms with Crippen molar-refractivity contribution in [1.82, 2.24) is 19.5 Å². The van der Waals surface area contributed by atoms with E-state index >= 15 is 0 Å². The molecular weight excluding hydrogens is 240 g/mol. The van der Waals surface area contributed by atoms with Gasteiger partial charge >= 0.3 is 0 Å². The molecule has 19 heavy (non-hydrogen) atoms. The van der Waals surface area contributed by atoms with Gasteiger partial charge in [0.2, 0.25) is 0 Å². The molecule has 2 aromatic heterocycles. The van der Waals surface area contributed by atoms with Gasteiger partial charge in [0, 0.05) is 50.1 Å². The van der Waals surface area contributed by atoms with E-state index in [4.69, 9.17) is 5.73 Å². The normalized spacial score (nSPS) is 23.0. The van der Waals surface area contributed by atoms with E-state index < -0.39 is 0 Å². The van der Waals surface area contributed by atoms with E-state index in [0.717, 1.165) is 30.3 Å². The van der Waals surface area contributed by atoms with E-state index in [1.807, 2.05) is 37.1 Å². The molecule has 100 valence electrons. The van der Waals surface area contributed by atoms with Crippen molar-refractivity contribution in [1.29, 1.82) is 0 Å². The third-order valence-electron chi connectivity index (χ3n) is 3.58. The number of hydrogen-bond acceptors (Lipinski definition) is 5. The van der Waals surface area contributed by atoms with Crippen LogP contribution in [0.15, 0.2) is 24.9 Å². The van der Waals surface area contributed by atoms with E-state index in [1.54, 1.807) is 6.33 Å². The van der Waals surface area contributed by atoms with Gasteiger partial charge in [-0.25, -0.2) is 15.0 Å². The molecule has 2 atom stereocenters. The SMILES string of the molecule is Cc1cc(N2C[C@@H](N)[C@H](c3cn(C)cn3)C2)ncn1. The monoisotopic (exact) mass is 258 g/mol. The van der Waals surface area contributed by atoms with Crippen molar-refractivity contribution in [2.45, 2.75) is 18.9 Å². The molecule has 0 aromatic carbocycles. The van der Waals surface area contributed by atoms with Crippen molar-refractivity contribution in [3.63, 3.8) is 0 Å². The number of aromatic nitrogens is 4. The molecule has 0 amide bonds. The van der Waals surface area contributed by atoms with E-state index in [0.29, 0.717) is 0 Å². The third-order valence-corrected chi connectivity index (χ3v) is 3.58. The Morgan fingerprint density at radius 3 is 2.79 bits per heavy atom. The number of hydrogen-bond donors (Lipinski definition) is 1. The van der Waals surface area contributed by atoms with Crippen LogP contribution in [0.3, 0.4) is 0 Å². The van der Waals surface area contributed by atoms with Gasteiger partial charge in [-0.1, -0.05) is 0 Å². The minimum Gasteiger partial charge on any atom is -0.354 e. The molecule has 3 heterocycles. The van der Waals surface area contributed by atoms with Crippen LogP contribution in [0.1, 0.15) is 17.3 Å². The lowest BCUT2D eigenvalue weighted by atomic mass is 10.0. The Hall–Kier alpha value is -1.95. The number of anilines is 1. The topological polar surface area (TPSA) is 72.9 Å². The van der Waals surface area contributed by atoms with Gasteiger partial charge in [0.15, 0.2) is 0 Å². The molecule has 1 aliphatic heterocycles. The predicted octanol–water partition coefficient (Wildman–Crippen LogP) is 0.450. The summed E-state index contributed by atoms with van der Waals surface area (Å²) >= 11 is 0. The smallest absolute Gasteiger partial charge is 0.132 e. The molecule has 2 N–H and O–H groups in total. The summed E-state index contributed by atoms with van der Waals surface area (Å²) in [5.41, 5.74) is 8.28. The maximum absolute atomic E-state index is 6.25. The molecule has 0 aliphatic carbocycles. The Bertz CT molecular complexity index is 578. The molecule has 2 aromatic rings. The Labute approximate surface area is 112 Å².